The van der Waals surface area contributed by atoms with Crippen molar-refractivity contribution < 1.29 is 23.4 Å². The summed E-state index contributed by atoms with van der Waals surface area (Å²) in [6, 6.07) is 3.25. The van der Waals surface area contributed by atoms with Crippen molar-refractivity contribution >= 4 is 33.0 Å². The lowest BCUT2D eigenvalue weighted by atomic mass is 10.2. The van der Waals surface area contributed by atoms with Gasteiger partial charge in [-0.2, -0.15) is 0 Å². The van der Waals surface area contributed by atoms with E-state index in [0.717, 1.165) is 12.1 Å². The van der Waals surface area contributed by atoms with Crippen LogP contribution in [0.2, 0.25) is 0 Å². The Bertz CT molecular complexity index is 865. The molecule has 1 aromatic heterocycles. The molecule has 0 aliphatic heterocycles. The molecule has 0 aliphatic rings. The molecule has 0 saturated carbocycles. The van der Waals surface area contributed by atoms with E-state index in [1.54, 1.807) is 0 Å². The fourth-order valence-electron chi connectivity index (χ4n) is 1.62. The Morgan fingerprint density at radius 3 is 2.52 bits per heavy atom. The number of hydrogen-bond acceptors (Lipinski definition) is 6. The zero-order valence-electron chi connectivity index (χ0n) is 10.6. The molecule has 0 radical (unpaired) electrons. The van der Waals surface area contributed by atoms with Crippen LogP contribution in [0.5, 0.6) is 5.75 Å². The number of anilines is 1. The first kappa shape index (κ1) is 15.1. The Kier molecular flexibility index (Phi) is 3.75. The van der Waals surface area contributed by atoms with Gasteiger partial charge >= 0.3 is 10.8 Å². The van der Waals surface area contributed by atoms with Crippen molar-refractivity contribution in [3.8, 4) is 5.75 Å². The number of H-pyrrole nitrogens is 1. The fraction of sp³-hybridized carbons (Fsp3) is 0.0909. The first-order valence-corrected chi connectivity index (χ1v) is 7.79. The highest BCUT2D eigenvalue weighted by Gasteiger charge is 2.21. The van der Waals surface area contributed by atoms with Gasteiger partial charge in [0.1, 0.15) is 11.3 Å². The number of hydrogen-bond donors (Lipinski definition) is 4. The van der Waals surface area contributed by atoms with E-state index >= 15 is 0 Å². The third-order valence-corrected chi connectivity index (χ3v) is 5.49. The van der Waals surface area contributed by atoms with Crippen molar-refractivity contribution in [1.82, 2.24) is 4.98 Å². The Morgan fingerprint density at radius 2 is 2.05 bits per heavy atom. The monoisotopic (exact) mass is 330 g/mol. The summed E-state index contributed by atoms with van der Waals surface area (Å²) in [5, 5.41) is 18.3. The minimum atomic E-state index is -3.99. The van der Waals surface area contributed by atoms with Gasteiger partial charge in [0.2, 0.25) is 0 Å². The normalized spacial score (nSPS) is 11.3. The van der Waals surface area contributed by atoms with E-state index in [1.807, 2.05) is 0 Å². The molecule has 0 spiro atoms. The summed E-state index contributed by atoms with van der Waals surface area (Å²) >= 11 is 0.535. The summed E-state index contributed by atoms with van der Waals surface area (Å²) in [6.07, 6.45) is 0. The molecule has 2 rings (SSSR count). The summed E-state index contributed by atoms with van der Waals surface area (Å²) in [5.74, 6) is -1.90. The topological polar surface area (TPSA) is 137 Å². The number of phenols is 1. The standard InChI is InChI=1S/C11H10N2O6S2/c1-5-10(20-11(17)12-5)21(18,19)13-6-2-3-7(9(15)16)8(14)4-6/h2-4,13-14H,1H3,(H,12,17)(H,15,16). The van der Waals surface area contributed by atoms with Crippen LogP contribution in [0.4, 0.5) is 5.69 Å². The average molecular weight is 330 g/mol. The lowest BCUT2D eigenvalue weighted by molar-refractivity contribution is 0.0694. The molecule has 0 unspecified atom stereocenters. The lowest BCUT2D eigenvalue weighted by Gasteiger charge is -2.08. The molecule has 0 aliphatic carbocycles. The van der Waals surface area contributed by atoms with Gasteiger partial charge in [-0.25, -0.2) is 13.2 Å². The van der Waals surface area contributed by atoms with E-state index in [-0.39, 0.29) is 21.2 Å². The molecule has 8 nitrogen and oxygen atoms in total. The van der Waals surface area contributed by atoms with Crippen LogP contribution in [0.25, 0.3) is 0 Å². The van der Waals surface area contributed by atoms with Crippen molar-refractivity contribution in [1.29, 1.82) is 0 Å². The smallest absolute Gasteiger partial charge is 0.339 e. The maximum atomic E-state index is 12.1. The maximum absolute atomic E-state index is 12.1. The largest absolute Gasteiger partial charge is 0.507 e. The zero-order valence-corrected chi connectivity index (χ0v) is 12.2. The van der Waals surface area contributed by atoms with Gasteiger partial charge in [-0.1, -0.05) is 11.3 Å². The lowest BCUT2D eigenvalue weighted by Crippen LogP contribution is -2.13. The number of sulfonamides is 1. The molecule has 10 heteroatoms. The van der Waals surface area contributed by atoms with Crippen molar-refractivity contribution in [3.05, 3.63) is 39.1 Å². The third-order valence-electron chi connectivity index (χ3n) is 2.51. The van der Waals surface area contributed by atoms with Crippen LogP contribution >= 0.6 is 11.3 Å². The molecule has 0 fully saturated rings. The van der Waals surface area contributed by atoms with Crippen molar-refractivity contribution in [2.45, 2.75) is 11.1 Å². The Balaban J connectivity index is 2.37. The Hall–Kier alpha value is -2.33. The van der Waals surface area contributed by atoms with Crippen molar-refractivity contribution in [3.63, 3.8) is 0 Å². The van der Waals surface area contributed by atoms with Gasteiger partial charge in [-0.15, -0.1) is 0 Å². The number of aromatic nitrogens is 1. The van der Waals surface area contributed by atoms with Crippen molar-refractivity contribution in [2.24, 2.45) is 0 Å². The summed E-state index contributed by atoms with van der Waals surface area (Å²) in [7, 11) is -3.99. The number of aromatic carboxylic acids is 1. The number of aromatic hydroxyl groups is 1. The second kappa shape index (κ2) is 5.22. The van der Waals surface area contributed by atoms with E-state index in [0.29, 0.717) is 11.3 Å². The molecule has 0 bridgehead atoms. The molecule has 0 amide bonds. The number of thiazole rings is 1. The van der Waals surface area contributed by atoms with Crippen LogP contribution in [0.3, 0.4) is 0 Å². The van der Waals surface area contributed by atoms with Crippen LogP contribution in [-0.2, 0) is 10.0 Å². The second-order valence-electron chi connectivity index (χ2n) is 4.07. The number of aromatic amines is 1. The van der Waals surface area contributed by atoms with Gasteiger partial charge < -0.3 is 15.2 Å². The van der Waals surface area contributed by atoms with Gasteiger partial charge in [0.15, 0.2) is 4.21 Å². The number of benzene rings is 1. The molecule has 2 aromatic rings. The average Bonchev–Trinajstić information content (AvgIpc) is 2.68. The third kappa shape index (κ3) is 3.06. The first-order chi connectivity index (χ1) is 9.70. The van der Waals surface area contributed by atoms with Crippen LogP contribution in [0, 0.1) is 6.92 Å². The van der Waals surface area contributed by atoms with E-state index in [9.17, 15) is 23.1 Å². The minimum Gasteiger partial charge on any atom is -0.507 e. The van der Waals surface area contributed by atoms with Gasteiger partial charge in [0, 0.05) is 11.8 Å². The highest BCUT2D eigenvalue weighted by molar-refractivity contribution is 7.94. The molecule has 1 aromatic carbocycles. The van der Waals surface area contributed by atoms with Gasteiger partial charge in [-0.3, -0.25) is 9.52 Å². The SMILES string of the molecule is Cc1[nH]c(=O)sc1S(=O)(=O)Nc1ccc(C(=O)O)c(O)c1. The van der Waals surface area contributed by atoms with E-state index in [2.05, 4.69) is 9.71 Å². The molecular formula is C11H10N2O6S2. The summed E-state index contributed by atoms with van der Waals surface area (Å²) in [6.45, 7) is 1.44. The Morgan fingerprint density at radius 1 is 1.38 bits per heavy atom. The van der Waals surface area contributed by atoms with Crippen LogP contribution in [-0.4, -0.2) is 29.6 Å². The van der Waals surface area contributed by atoms with Gasteiger partial charge in [-0.05, 0) is 19.1 Å². The number of carboxylic acid groups (broad SMARTS) is 1. The molecule has 4 N–H and O–H groups in total. The summed E-state index contributed by atoms with van der Waals surface area (Å²) in [5.41, 5.74) is -0.165. The molecular weight excluding hydrogens is 320 g/mol. The maximum Gasteiger partial charge on any atom is 0.339 e. The number of carboxylic acids is 1. The van der Waals surface area contributed by atoms with E-state index in [4.69, 9.17) is 5.11 Å². The minimum absolute atomic E-state index is 0.0160. The van der Waals surface area contributed by atoms with Gasteiger partial charge in [0.05, 0.1) is 5.69 Å². The molecule has 0 saturated heterocycles. The second-order valence-corrected chi connectivity index (χ2v) is 6.93. The van der Waals surface area contributed by atoms with Gasteiger partial charge in [0.25, 0.3) is 10.0 Å². The molecule has 0 atom stereocenters. The number of aryl methyl sites for hydroxylation is 1. The van der Waals surface area contributed by atoms with Crippen LogP contribution in [0.1, 0.15) is 16.1 Å². The fourth-order valence-corrected chi connectivity index (χ4v) is 3.98. The predicted molar refractivity (Wildman–Crippen MR) is 75.6 cm³/mol. The van der Waals surface area contributed by atoms with Crippen molar-refractivity contribution in [2.75, 3.05) is 4.72 Å². The van der Waals surface area contributed by atoms with E-state index in [1.165, 1.54) is 13.0 Å². The first-order valence-electron chi connectivity index (χ1n) is 5.49. The quantitative estimate of drug-likeness (QED) is 0.659. The number of rotatable bonds is 4. The Labute approximate surface area is 122 Å². The predicted octanol–water partition coefficient (Wildman–Crippen LogP) is 0.949. The number of nitrogens with one attached hydrogen (secondary N) is 2. The number of carbonyl (C=O) groups is 1. The highest BCUT2D eigenvalue weighted by atomic mass is 32.2. The molecule has 21 heavy (non-hydrogen) atoms. The summed E-state index contributed by atoms with van der Waals surface area (Å²) < 4.78 is 26.2. The summed E-state index contributed by atoms with van der Waals surface area (Å²) in [4.78, 5) is 23.7. The molecule has 112 valence electrons. The van der Waals surface area contributed by atoms with Crippen LogP contribution < -0.4 is 9.60 Å². The molecule has 1 heterocycles. The highest BCUT2D eigenvalue weighted by Crippen LogP contribution is 2.25. The van der Waals surface area contributed by atoms with Crippen LogP contribution in [0.15, 0.2) is 27.2 Å². The zero-order chi connectivity index (χ0) is 15.8. The van der Waals surface area contributed by atoms with E-state index < -0.39 is 26.6 Å².